The van der Waals surface area contributed by atoms with Gasteiger partial charge in [0.1, 0.15) is 11.5 Å². The van der Waals surface area contributed by atoms with Crippen LogP contribution in [0.4, 0.5) is 0 Å². The molecule has 4 rings (SSSR count). The molecule has 0 aromatic heterocycles. The zero-order valence-corrected chi connectivity index (χ0v) is 16.9. The fourth-order valence-corrected chi connectivity index (χ4v) is 5.20. The summed E-state index contributed by atoms with van der Waals surface area (Å²) in [6, 6.07) is 15.3. The summed E-state index contributed by atoms with van der Waals surface area (Å²) < 4.78 is 34.0. The van der Waals surface area contributed by atoms with Crippen LogP contribution in [0.2, 0.25) is 0 Å². The molecule has 27 heavy (non-hydrogen) atoms. The lowest BCUT2D eigenvalue weighted by molar-refractivity contribution is 0.345. The van der Waals surface area contributed by atoms with Crippen molar-refractivity contribution in [2.45, 2.75) is 55.6 Å². The summed E-state index contributed by atoms with van der Waals surface area (Å²) in [5, 5.41) is 3.53. The van der Waals surface area contributed by atoms with E-state index in [0.29, 0.717) is 17.8 Å². The van der Waals surface area contributed by atoms with E-state index >= 15 is 0 Å². The zero-order chi connectivity index (χ0) is 18.1. The maximum Gasteiger partial charge on any atom is 0.240 e. The third kappa shape index (κ3) is 4.82. The number of benzene rings is 2. The van der Waals surface area contributed by atoms with E-state index in [0.717, 1.165) is 37.0 Å². The number of ether oxygens (including phenoxy) is 1. The molecular weight excluding hydrogens is 384 g/mol. The van der Waals surface area contributed by atoms with Gasteiger partial charge in [0.05, 0.1) is 4.90 Å². The summed E-state index contributed by atoms with van der Waals surface area (Å²) in [7, 11) is -3.51. The molecule has 2 atom stereocenters. The predicted molar refractivity (Wildman–Crippen MR) is 108 cm³/mol. The maximum atomic E-state index is 12.7. The van der Waals surface area contributed by atoms with Crippen molar-refractivity contribution in [1.29, 1.82) is 0 Å². The Morgan fingerprint density at radius 2 is 1.67 bits per heavy atom. The zero-order valence-electron chi connectivity index (χ0n) is 15.2. The average molecular weight is 409 g/mol. The van der Waals surface area contributed by atoms with E-state index in [1.54, 1.807) is 24.3 Å². The van der Waals surface area contributed by atoms with Crippen molar-refractivity contribution < 1.29 is 13.2 Å². The second-order valence-electron chi connectivity index (χ2n) is 7.32. The van der Waals surface area contributed by atoms with Crippen LogP contribution >= 0.6 is 12.4 Å². The highest BCUT2D eigenvalue weighted by molar-refractivity contribution is 7.89. The Balaban J connectivity index is 0.00000210. The van der Waals surface area contributed by atoms with Crippen molar-refractivity contribution in [2.24, 2.45) is 0 Å². The van der Waals surface area contributed by atoms with Crippen molar-refractivity contribution in [2.75, 3.05) is 0 Å². The van der Waals surface area contributed by atoms with Gasteiger partial charge >= 0.3 is 0 Å². The number of nitrogens with one attached hydrogen (secondary N) is 2. The van der Waals surface area contributed by atoms with E-state index < -0.39 is 10.0 Å². The van der Waals surface area contributed by atoms with Gasteiger partial charge in [-0.1, -0.05) is 12.1 Å². The lowest BCUT2D eigenvalue weighted by Crippen LogP contribution is -2.47. The van der Waals surface area contributed by atoms with E-state index in [4.69, 9.17) is 4.74 Å². The molecule has 146 valence electrons. The van der Waals surface area contributed by atoms with Crippen LogP contribution in [0.25, 0.3) is 0 Å². The van der Waals surface area contributed by atoms with Crippen LogP contribution in [0.3, 0.4) is 0 Å². The minimum Gasteiger partial charge on any atom is -0.457 e. The molecule has 2 aromatic rings. The molecule has 7 heteroatoms. The minimum absolute atomic E-state index is 0. The molecule has 2 saturated heterocycles. The molecule has 0 saturated carbocycles. The van der Waals surface area contributed by atoms with Gasteiger partial charge in [-0.2, -0.15) is 0 Å². The van der Waals surface area contributed by atoms with Crippen molar-refractivity contribution in [1.82, 2.24) is 10.0 Å². The molecule has 0 spiro atoms. The Morgan fingerprint density at radius 1 is 1.00 bits per heavy atom. The van der Waals surface area contributed by atoms with Crippen LogP contribution in [0.5, 0.6) is 11.5 Å². The summed E-state index contributed by atoms with van der Waals surface area (Å²) >= 11 is 0. The van der Waals surface area contributed by atoms with Gasteiger partial charge in [0.25, 0.3) is 0 Å². The molecule has 2 unspecified atom stereocenters. The van der Waals surface area contributed by atoms with E-state index in [2.05, 4.69) is 10.0 Å². The van der Waals surface area contributed by atoms with E-state index in [-0.39, 0.29) is 23.3 Å². The number of aryl methyl sites for hydroxylation is 1. The third-order valence-electron chi connectivity index (χ3n) is 5.15. The Labute approximate surface area is 167 Å². The summed E-state index contributed by atoms with van der Waals surface area (Å²) in [4.78, 5) is 0.278. The van der Waals surface area contributed by atoms with Crippen LogP contribution in [-0.2, 0) is 10.0 Å². The van der Waals surface area contributed by atoms with Crippen LogP contribution in [0, 0.1) is 6.92 Å². The van der Waals surface area contributed by atoms with Gasteiger partial charge in [0, 0.05) is 18.1 Å². The molecule has 2 heterocycles. The smallest absolute Gasteiger partial charge is 0.240 e. The second-order valence-corrected chi connectivity index (χ2v) is 9.03. The lowest BCUT2D eigenvalue weighted by atomic mass is 10.0. The van der Waals surface area contributed by atoms with Crippen molar-refractivity contribution in [3.63, 3.8) is 0 Å². The fourth-order valence-electron chi connectivity index (χ4n) is 3.94. The topological polar surface area (TPSA) is 67.4 Å². The molecule has 2 bridgehead atoms. The second kappa shape index (κ2) is 8.19. The first kappa shape index (κ1) is 20.1. The highest BCUT2D eigenvalue weighted by Crippen LogP contribution is 2.28. The number of sulfonamides is 1. The molecule has 0 radical (unpaired) electrons. The summed E-state index contributed by atoms with van der Waals surface area (Å²) in [6.45, 7) is 2.00. The number of rotatable bonds is 5. The molecule has 2 N–H and O–H groups in total. The van der Waals surface area contributed by atoms with Gasteiger partial charge in [-0.05, 0) is 74.6 Å². The van der Waals surface area contributed by atoms with Gasteiger partial charge < -0.3 is 10.1 Å². The van der Waals surface area contributed by atoms with Crippen LogP contribution < -0.4 is 14.8 Å². The Kier molecular flexibility index (Phi) is 6.11. The van der Waals surface area contributed by atoms with Gasteiger partial charge in [-0.3, -0.25) is 0 Å². The molecule has 2 aliphatic rings. The SMILES string of the molecule is Cc1cccc(Oc2ccc(S(=O)(=O)NC3CC4CCC(C3)N4)cc2)c1.Cl. The normalized spacial score (nSPS) is 24.3. The monoisotopic (exact) mass is 408 g/mol. The number of hydrogen-bond acceptors (Lipinski definition) is 4. The summed E-state index contributed by atoms with van der Waals surface area (Å²) in [5.74, 6) is 1.36. The number of fused-ring (bicyclic) bond motifs is 2. The van der Waals surface area contributed by atoms with Crippen LogP contribution in [0.1, 0.15) is 31.2 Å². The Morgan fingerprint density at radius 3 is 2.30 bits per heavy atom. The van der Waals surface area contributed by atoms with Gasteiger partial charge in [0.15, 0.2) is 0 Å². The van der Waals surface area contributed by atoms with Crippen molar-refractivity contribution in [3.05, 3.63) is 54.1 Å². The third-order valence-corrected chi connectivity index (χ3v) is 6.69. The lowest BCUT2D eigenvalue weighted by Gasteiger charge is -2.29. The summed E-state index contributed by atoms with van der Waals surface area (Å²) in [5.41, 5.74) is 1.11. The molecule has 0 aliphatic carbocycles. The highest BCUT2D eigenvalue weighted by Gasteiger charge is 2.35. The number of piperidine rings is 1. The average Bonchev–Trinajstić information content (AvgIpc) is 2.94. The molecule has 2 aliphatic heterocycles. The predicted octanol–water partition coefficient (Wildman–Crippen LogP) is 3.77. The quantitative estimate of drug-likeness (QED) is 0.790. The van der Waals surface area contributed by atoms with E-state index in [1.165, 1.54) is 0 Å². The molecule has 2 fully saturated rings. The maximum absolute atomic E-state index is 12.7. The van der Waals surface area contributed by atoms with E-state index in [9.17, 15) is 8.42 Å². The summed E-state index contributed by atoms with van der Waals surface area (Å²) in [6.07, 6.45) is 4.02. The molecule has 2 aromatic carbocycles. The molecule has 0 amide bonds. The highest BCUT2D eigenvalue weighted by atomic mass is 35.5. The van der Waals surface area contributed by atoms with Crippen molar-refractivity contribution >= 4 is 22.4 Å². The first-order valence-corrected chi connectivity index (χ1v) is 10.6. The van der Waals surface area contributed by atoms with E-state index in [1.807, 2.05) is 31.2 Å². The standard InChI is InChI=1S/C20H24N2O3S.ClH/c1-14-3-2-4-19(11-14)25-18-7-9-20(10-8-18)26(23,24)22-17-12-15-5-6-16(13-17)21-15;/h2-4,7-11,15-17,21-22H,5-6,12-13H2,1H3;1H. The largest absolute Gasteiger partial charge is 0.457 e. The van der Waals surface area contributed by atoms with Gasteiger partial charge in [-0.25, -0.2) is 13.1 Å². The fraction of sp³-hybridized carbons (Fsp3) is 0.400. The molecular formula is C20H25ClN2O3S. The van der Waals surface area contributed by atoms with Crippen molar-refractivity contribution in [3.8, 4) is 11.5 Å². The van der Waals surface area contributed by atoms with Crippen LogP contribution in [0.15, 0.2) is 53.4 Å². The van der Waals surface area contributed by atoms with Gasteiger partial charge in [-0.15, -0.1) is 12.4 Å². The van der Waals surface area contributed by atoms with Gasteiger partial charge in [0.2, 0.25) is 10.0 Å². The number of hydrogen-bond donors (Lipinski definition) is 2. The first-order chi connectivity index (χ1) is 12.5. The Bertz CT molecular complexity index is 874. The van der Waals surface area contributed by atoms with Crippen LogP contribution in [-0.4, -0.2) is 26.5 Å². The molecule has 5 nitrogen and oxygen atoms in total. The number of halogens is 1. The first-order valence-electron chi connectivity index (χ1n) is 9.11. The Hall–Kier alpha value is -1.60. The minimum atomic E-state index is -3.51.